The van der Waals surface area contributed by atoms with Crippen LogP contribution in [-0.4, -0.2) is 26.7 Å². The Kier molecular flexibility index (Phi) is 4.89. The Hall–Kier alpha value is -2.15. The summed E-state index contributed by atoms with van der Waals surface area (Å²) in [6.07, 6.45) is 5.61. The monoisotopic (exact) mass is 233 g/mol. The lowest BCUT2D eigenvalue weighted by molar-refractivity contribution is 0.0951. The summed E-state index contributed by atoms with van der Waals surface area (Å²) in [6, 6.07) is 5.03. The van der Waals surface area contributed by atoms with E-state index in [9.17, 15) is 4.79 Å². The first kappa shape index (κ1) is 12.9. The van der Waals surface area contributed by atoms with Gasteiger partial charge in [-0.15, -0.1) is 12.3 Å². The van der Waals surface area contributed by atoms with Crippen LogP contribution in [0.2, 0.25) is 0 Å². The first-order valence-electron chi connectivity index (χ1n) is 5.16. The fourth-order valence-electron chi connectivity index (χ4n) is 1.33. The van der Waals surface area contributed by atoms with E-state index < -0.39 is 0 Å². The minimum Gasteiger partial charge on any atom is -0.497 e. The molecule has 0 aliphatic carbocycles. The van der Waals surface area contributed by atoms with E-state index in [0.29, 0.717) is 30.0 Å². The third-order valence-electron chi connectivity index (χ3n) is 2.21. The third-order valence-corrected chi connectivity index (χ3v) is 2.21. The molecule has 1 aromatic carbocycles. The standard InChI is InChI=1S/C13H15NO3/c1-4-5-8-14-13(15)11-7-6-10(16-2)9-12(11)17-3/h1,6-7,9H,5,8H2,2-3H3,(H,14,15). The number of carbonyl (C=O) groups excluding carboxylic acids is 1. The molecule has 0 aliphatic rings. The minimum absolute atomic E-state index is 0.209. The molecule has 17 heavy (non-hydrogen) atoms. The van der Waals surface area contributed by atoms with Crippen LogP contribution in [0, 0.1) is 12.3 Å². The molecule has 0 unspecified atom stereocenters. The van der Waals surface area contributed by atoms with Gasteiger partial charge in [-0.1, -0.05) is 0 Å². The van der Waals surface area contributed by atoms with Crippen LogP contribution in [0.1, 0.15) is 16.8 Å². The number of carbonyl (C=O) groups is 1. The van der Waals surface area contributed by atoms with Gasteiger partial charge in [0.15, 0.2) is 0 Å². The SMILES string of the molecule is C#CCCNC(=O)c1ccc(OC)cc1OC. The molecule has 0 heterocycles. The normalized spacial score (nSPS) is 9.24. The Morgan fingerprint density at radius 3 is 2.76 bits per heavy atom. The van der Waals surface area contributed by atoms with Crippen molar-refractivity contribution in [3.63, 3.8) is 0 Å². The van der Waals surface area contributed by atoms with Crippen molar-refractivity contribution in [1.82, 2.24) is 5.32 Å². The number of ether oxygens (including phenoxy) is 2. The van der Waals surface area contributed by atoms with Gasteiger partial charge in [0.05, 0.1) is 19.8 Å². The number of nitrogens with one attached hydrogen (secondary N) is 1. The second-order valence-corrected chi connectivity index (χ2v) is 3.28. The quantitative estimate of drug-likeness (QED) is 0.618. The Morgan fingerprint density at radius 2 is 2.18 bits per heavy atom. The minimum atomic E-state index is -0.209. The topological polar surface area (TPSA) is 47.6 Å². The van der Waals surface area contributed by atoms with Crippen LogP contribution in [0.5, 0.6) is 11.5 Å². The zero-order valence-electron chi connectivity index (χ0n) is 9.95. The maximum atomic E-state index is 11.8. The van der Waals surface area contributed by atoms with Gasteiger partial charge in [0.25, 0.3) is 5.91 Å². The fraction of sp³-hybridized carbons (Fsp3) is 0.308. The molecular weight excluding hydrogens is 218 g/mol. The zero-order chi connectivity index (χ0) is 12.7. The number of methoxy groups -OCH3 is 2. The Labute approximate surface area is 101 Å². The summed E-state index contributed by atoms with van der Waals surface area (Å²) in [6.45, 7) is 0.449. The summed E-state index contributed by atoms with van der Waals surface area (Å²) in [5.74, 6) is 3.36. The molecule has 0 atom stereocenters. The molecular formula is C13H15NO3. The molecule has 0 saturated heterocycles. The van der Waals surface area contributed by atoms with E-state index in [1.54, 1.807) is 25.3 Å². The average molecular weight is 233 g/mol. The van der Waals surface area contributed by atoms with E-state index in [-0.39, 0.29) is 5.91 Å². The second kappa shape index (κ2) is 6.44. The van der Waals surface area contributed by atoms with Crippen molar-refractivity contribution >= 4 is 5.91 Å². The van der Waals surface area contributed by atoms with E-state index in [1.165, 1.54) is 7.11 Å². The van der Waals surface area contributed by atoms with Crippen molar-refractivity contribution < 1.29 is 14.3 Å². The van der Waals surface area contributed by atoms with Crippen LogP contribution >= 0.6 is 0 Å². The highest BCUT2D eigenvalue weighted by molar-refractivity contribution is 5.97. The summed E-state index contributed by atoms with van der Waals surface area (Å²) in [7, 11) is 3.06. The molecule has 4 nitrogen and oxygen atoms in total. The van der Waals surface area contributed by atoms with E-state index in [1.807, 2.05) is 0 Å². The highest BCUT2D eigenvalue weighted by Gasteiger charge is 2.12. The zero-order valence-corrected chi connectivity index (χ0v) is 9.95. The lowest BCUT2D eigenvalue weighted by Crippen LogP contribution is -2.24. The van der Waals surface area contributed by atoms with E-state index in [0.717, 1.165) is 0 Å². The fourth-order valence-corrected chi connectivity index (χ4v) is 1.33. The van der Waals surface area contributed by atoms with Crippen molar-refractivity contribution in [3.8, 4) is 23.8 Å². The summed E-state index contributed by atoms with van der Waals surface area (Å²) in [5, 5.41) is 2.71. The summed E-state index contributed by atoms with van der Waals surface area (Å²) >= 11 is 0. The highest BCUT2D eigenvalue weighted by atomic mass is 16.5. The lowest BCUT2D eigenvalue weighted by atomic mass is 10.1. The van der Waals surface area contributed by atoms with Gasteiger partial charge in [0.2, 0.25) is 0 Å². The highest BCUT2D eigenvalue weighted by Crippen LogP contribution is 2.24. The molecule has 1 N–H and O–H groups in total. The first-order chi connectivity index (χ1) is 8.22. The van der Waals surface area contributed by atoms with Gasteiger partial charge in [0.1, 0.15) is 11.5 Å². The second-order valence-electron chi connectivity index (χ2n) is 3.28. The van der Waals surface area contributed by atoms with Crippen molar-refractivity contribution in [1.29, 1.82) is 0 Å². The number of terminal acetylenes is 1. The van der Waals surface area contributed by atoms with Gasteiger partial charge in [-0.2, -0.15) is 0 Å². The predicted octanol–water partition coefficient (Wildman–Crippen LogP) is 1.46. The van der Waals surface area contributed by atoms with Gasteiger partial charge in [-0.05, 0) is 12.1 Å². The number of rotatable bonds is 5. The summed E-state index contributed by atoms with van der Waals surface area (Å²) in [5.41, 5.74) is 0.463. The van der Waals surface area contributed by atoms with Gasteiger partial charge in [-0.25, -0.2) is 0 Å². The summed E-state index contributed by atoms with van der Waals surface area (Å²) < 4.78 is 10.2. The molecule has 1 amide bonds. The van der Waals surface area contributed by atoms with Crippen molar-refractivity contribution in [2.75, 3.05) is 20.8 Å². The van der Waals surface area contributed by atoms with E-state index in [4.69, 9.17) is 15.9 Å². The third kappa shape index (κ3) is 3.42. The van der Waals surface area contributed by atoms with Crippen LogP contribution in [0.25, 0.3) is 0 Å². The molecule has 4 heteroatoms. The molecule has 0 aliphatic heterocycles. The van der Waals surface area contributed by atoms with Gasteiger partial charge in [0, 0.05) is 19.0 Å². The van der Waals surface area contributed by atoms with Crippen LogP contribution in [0.3, 0.4) is 0 Å². The number of benzene rings is 1. The van der Waals surface area contributed by atoms with Gasteiger partial charge >= 0.3 is 0 Å². The lowest BCUT2D eigenvalue weighted by Gasteiger charge is -2.10. The smallest absolute Gasteiger partial charge is 0.255 e. The van der Waals surface area contributed by atoms with Crippen molar-refractivity contribution in [2.24, 2.45) is 0 Å². The molecule has 0 saturated carbocycles. The molecule has 0 radical (unpaired) electrons. The Morgan fingerprint density at radius 1 is 1.41 bits per heavy atom. The van der Waals surface area contributed by atoms with Crippen LogP contribution in [0.4, 0.5) is 0 Å². The van der Waals surface area contributed by atoms with Crippen molar-refractivity contribution in [2.45, 2.75) is 6.42 Å². The van der Waals surface area contributed by atoms with Crippen LogP contribution < -0.4 is 14.8 Å². The molecule has 1 aromatic rings. The predicted molar refractivity (Wildman–Crippen MR) is 65.3 cm³/mol. The molecule has 0 spiro atoms. The molecule has 0 aromatic heterocycles. The summed E-state index contributed by atoms with van der Waals surface area (Å²) in [4.78, 5) is 11.8. The average Bonchev–Trinajstić information content (AvgIpc) is 2.38. The van der Waals surface area contributed by atoms with Crippen LogP contribution in [-0.2, 0) is 0 Å². The molecule has 1 rings (SSSR count). The Balaban J connectivity index is 2.82. The van der Waals surface area contributed by atoms with Crippen LogP contribution in [0.15, 0.2) is 18.2 Å². The maximum absolute atomic E-state index is 11.8. The number of hydrogen-bond donors (Lipinski definition) is 1. The number of hydrogen-bond acceptors (Lipinski definition) is 3. The van der Waals surface area contributed by atoms with Gasteiger partial charge in [-0.3, -0.25) is 4.79 Å². The largest absolute Gasteiger partial charge is 0.497 e. The molecule has 0 fully saturated rings. The van der Waals surface area contributed by atoms with Gasteiger partial charge < -0.3 is 14.8 Å². The maximum Gasteiger partial charge on any atom is 0.255 e. The molecule has 0 bridgehead atoms. The van der Waals surface area contributed by atoms with E-state index in [2.05, 4.69) is 11.2 Å². The van der Waals surface area contributed by atoms with E-state index >= 15 is 0 Å². The van der Waals surface area contributed by atoms with Crippen molar-refractivity contribution in [3.05, 3.63) is 23.8 Å². The molecule has 90 valence electrons. The first-order valence-corrected chi connectivity index (χ1v) is 5.16. The number of amides is 1. The Bertz CT molecular complexity index is 435.